The highest BCUT2D eigenvalue weighted by Crippen LogP contribution is 2.29. The molecule has 3 rings (SSSR count). The molecule has 0 aromatic carbocycles. The molecule has 2 aliphatic heterocycles. The average Bonchev–Trinajstić information content (AvgIpc) is 2.85. The van der Waals surface area contributed by atoms with Gasteiger partial charge in [-0.25, -0.2) is 4.98 Å². The molecule has 0 saturated carbocycles. The first kappa shape index (κ1) is 14.8. The molecule has 0 spiro atoms. The summed E-state index contributed by atoms with van der Waals surface area (Å²) in [5.74, 6) is 1.14. The molecule has 116 valence electrons. The summed E-state index contributed by atoms with van der Waals surface area (Å²) in [6.45, 7) is 8.38. The maximum atomic E-state index is 5.93. The number of morpholine rings is 1. The van der Waals surface area contributed by atoms with Crippen LogP contribution in [0.1, 0.15) is 44.4 Å². The highest BCUT2D eigenvalue weighted by Gasteiger charge is 2.34. The normalized spacial score (nSPS) is 24.6. The van der Waals surface area contributed by atoms with Gasteiger partial charge in [-0.3, -0.25) is 0 Å². The lowest BCUT2D eigenvalue weighted by Gasteiger charge is -2.33. The van der Waals surface area contributed by atoms with Crippen molar-refractivity contribution >= 4 is 5.82 Å². The van der Waals surface area contributed by atoms with E-state index in [1.165, 1.54) is 30.5 Å². The van der Waals surface area contributed by atoms with E-state index in [9.17, 15) is 0 Å². The molecule has 0 amide bonds. The third-order valence-corrected chi connectivity index (χ3v) is 4.41. The maximum absolute atomic E-state index is 5.93. The number of aromatic nitrogens is 1. The van der Waals surface area contributed by atoms with E-state index in [1.807, 2.05) is 0 Å². The summed E-state index contributed by atoms with van der Waals surface area (Å²) < 4.78 is 5.93. The van der Waals surface area contributed by atoms with E-state index in [-0.39, 0.29) is 0 Å². The second kappa shape index (κ2) is 6.75. The largest absolute Gasteiger partial charge is 0.371 e. The van der Waals surface area contributed by atoms with Crippen molar-refractivity contribution < 1.29 is 4.74 Å². The Labute approximate surface area is 127 Å². The van der Waals surface area contributed by atoms with Gasteiger partial charge in [0.15, 0.2) is 0 Å². The van der Waals surface area contributed by atoms with Gasteiger partial charge in [-0.1, -0.05) is 13.8 Å². The maximum Gasteiger partial charge on any atom is 0.129 e. The van der Waals surface area contributed by atoms with Crippen LogP contribution in [-0.4, -0.2) is 36.8 Å². The lowest BCUT2D eigenvalue weighted by Crippen LogP contribution is -2.43. The van der Waals surface area contributed by atoms with E-state index in [1.54, 1.807) is 0 Å². The zero-order valence-corrected chi connectivity index (χ0v) is 13.3. The topological polar surface area (TPSA) is 37.4 Å². The number of rotatable bonds is 6. The second-order valence-corrected chi connectivity index (χ2v) is 6.22. The van der Waals surface area contributed by atoms with Crippen molar-refractivity contribution in [3.05, 3.63) is 23.4 Å². The number of anilines is 1. The van der Waals surface area contributed by atoms with E-state index in [2.05, 4.69) is 36.2 Å². The summed E-state index contributed by atoms with van der Waals surface area (Å²) >= 11 is 0. The first-order chi connectivity index (χ1) is 10.3. The van der Waals surface area contributed by atoms with Crippen LogP contribution in [0.5, 0.6) is 0 Å². The minimum absolute atomic E-state index is 0.414. The fourth-order valence-corrected chi connectivity index (χ4v) is 3.29. The molecule has 2 unspecified atom stereocenters. The minimum atomic E-state index is 0.414. The van der Waals surface area contributed by atoms with Crippen molar-refractivity contribution in [2.45, 2.75) is 58.3 Å². The molecule has 1 aromatic heterocycles. The lowest BCUT2D eigenvalue weighted by molar-refractivity contribution is 0.0302. The number of ether oxygens (including phenoxy) is 1. The van der Waals surface area contributed by atoms with Gasteiger partial charge in [0.1, 0.15) is 5.82 Å². The fourth-order valence-electron chi connectivity index (χ4n) is 3.29. The molecule has 21 heavy (non-hydrogen) atoms. The molecule has 1 aromatic rings. The Morgan fingerprint density at radius 1 is 1.24 bits per heavy atom. The Bertz CT molecular complexity index is 465. The number of aryl methyl sites for hydroxylation is 1. The first-order valence-electron chi connectivity index (χ1n) is 8.39. The zero-order valence-electron chi connectivity index (χ0n) is 13.3. The van der Waals surface area contributed by atoms with Crippen molar-refractivity contribution in [3.63, 3.8) is 0 Å². The number of hydrogen-bond acceptors (Lipinski definition) is 4. The molecule has 4 heteroatoms. The predicted octanol–water partition coefficient (Wildman–Crippen LogP) is 2.51. The van der Waals surface area contributed by atoms with Gasteiger partial charge in [-0.05, 0) is 49.9 Å². The molecule has 2 atom stereocenters. The van der Waals surface area contributed by atoms with Gasteiger partial charge in [0.25, 0.3) is 0 Å². The van der Waals surface area contributed by atoms with Crippen LogP contribution in [0.25, 0.3) is 0 Å². The van der Waals surface area contributed by atoms with Crippen LogP contribution in [0.2, 0.25) is 0 Å². The zero-order chi connectivity index (χ0) is 14.7. The first-order valence-corrected chi connectivity index (χ1v) is 8.39. The standard InChI is InChI=1S/C17H27N3O/c1-3-7-18-10-13-8-14(4-2)19-17(9-13)20-11-15-5-6-16(12-20)21-15/h8-9,15-16,18H,3-7,10-12H2,1-2H3. The smallest absolute Gasteiger partial charge is 0.129 e. The number of fused-ring (bicyclic) bond motifs is 2. The van der Waals surface area contributed by atoms with Gasteiger partial charge in [0.2, 0.25) is 0 Å². The Hall–Kier alpha value is -1.13. The third-order valence-electron chi connectivity index (χ3n) is 4.41. The van der Waals surface area contributed by atoms with Crippen molar-refractivity contribution in [1.29, 1.82) is 0 Å². The SMILES string of the molecule is CCCNCc1cc(CC)nc(N2CC3CCC(C2)O3)c1. The fraction of sp³-hybridized carbons (Fsp3) is 0.706. The molecular formula is C17H27N3O. The highest BCUT2D eigenvalue weighted by molar-refractivity contribution is 5.44. The van der Waals surface area contributed by atoms with Gasteiger partial charge in [-0.15, -0.1) is 0 Å². The highest BCUT2D eigenvalue weighted by atomic mass is 16.5. The molecule has 3 heterocycles. The van der Waals surface area contributed by atoms with E-state index in [4.69, 9.17) is 9.72 Å². The monoisotopic (exact) mass is 289 g/mol. The van der Waals surface area contributed by atoms with Crippen molar-refractivity contribution in [1.82, 2.24) is 10.3 Å². The van der Waals surface area contributed by atoms with E-state index >= 15 is 0 Å². The third kappa shape index (κ3) is 3.55. The molecule has 4 nitrogen and oxygen atoms in total. The molecular weight excluding hydrogens is 262 g/mol. The Morgan fingerprint density at radius 3 is 2.67 bits per heavy atom. The molecule has 0 radical (unpaired) electrons. The molecule has 1 N–H and O–H groups in total. The van der Waals surface area contributed by atoms with E-state index in [0.717, 1.165) is 38.4 Å². The summed E-state index contributed by atoms with van der Waals surface area (Å²) in [6, 6.07) is 4.49. The quantitative estimate of drug-likeness (QED) is 0.817. The molecule has 2 bridgehead atoms. The van der Waals surface area contributed by atoms with E-state index < -0.39 is 0 Å². The Kier molecular flexibility index (Phi) is 4.76. The molecule has 2 fully saturated rings. The van der Waals surface area contributed by atoms with Gasteiger partial charge >= 0.3 is 0 Å². The van der Waals surface area contributed by atoms with Crippen LogP contribution in [0.4, 0.5) is 5.82 Å². The second-order valence-electron chi connectivity index (χ2n) is 6.22. The van der Waals surface area contributed by atoms with Gasteiger partial charge in [-0.2, -0.15) is 0 Å². The molecule has 0 aliphatic carbocycles. The van der Waals surface area contributed by atoms with Crippen molar-refractivity contribution in [2.75, 3.05) is 24.5 Å². The van der Waals surface area contributed by atoms with Crippen LogP contribution in [0, 0.1) is 0 Å². The summed E-state index contributed by atoms with van der Waals surface area (Å²) in [7, 11) is 0. The van der Waals surface area contributed by atoms with Crippen molar-refractivity contribution in [2.24, 2.45) is 0 Å². The molecule has 2 aliphatic rings. The number of hydrogen-bond donors (Lipinski definition) is 1. The molecule has 2 saturated heterocycles. The van der Waals surface area contributed by atoms with Crippen LogP contribution in [0.3, 0.4) is 0 Å². The van der Waals surface area contributed by atoms with Crippen LogP contribution < -0.4 is 10.2 Å². The lowest BCUT2D eigenvalue weighted by atomic mass is 10.1. The summed E-state index contributed by atoms with van der Waals surface area (Å²) in [5.41, 5.74) is 2.55. The van der Waals surface area contributed by atoms with Gasteiger partial charge in [0, 0.05) is 25.3 Å². The Balaban J connectivity index is 1.75. The predicted molar refractivity (Wildman–Crippen MR) is 85.7 cm³/mol. The summed E-state index contributed by atoms with van der Waals surface area (Å²) in [6.07, 6.45) is 5.41. The minimum Gasteiger partial charge on any atom is -0.371 e. The van der Waals surface area contributed by atoms with E-state index in [0.29, 0.717) is 12.2 Å². The van der Waals surface area contributed by atoms with Crippen LogP contribution in [-0.2, 0) is 17.7 Å². The Morgan fingerprint density at radius 2 is 2.00 bits per heavy atom. The average molecular weight is 289 g/mol. The summed E-state index contributed by atoms with van der Waals surface area (Å²) in [5, 5.41) is 3.49. The van der Waals surface area contributed by atoms with Gasteiger partial charge < -0.3 is 15.0 Å². The van der Waals surface area contributed by atoms with Crippen LogP contribution in [0.15, 0.2) is 12.1 Å². The number of nitrogens with one attached hydrogen (secondary N) is 1. The van der Waals surface area contributed by atoms with Crippen molar-refractivity contribution in [3.8, 4) is 0 Å². The number of pyridine rings is 1. The van der Waals surface area contributed by atoms with Gasteiger partial charge in [0.05, 0.1) is 12.2 Å². The number of nitrogens with zero attached hydrogens (tertiary/aromatic N) is 2. The summed E-state index contributed by atoms with van der Waals surface area (Å²) in [4.78, 5) is 7.27. The van der Waals surface area contributed by atoms with Crippen LogP contribution >= 0.6 is 0 Å².